The highest BCUT2D eigenvalue weighted by Crippen LogP contribution is 2.48. The molecule has 87 heavy (non-hydrogen) atoms. The van der Waals surface area contributed by atoms with Crippen LogP contribution in [0, 0.1) is 13.8 Å². The monoisotopic (exact) mass is 1220 g/mol. The Balaban J connectivity index is 0.827. The van der Waals surface area contributed by atoms with Gasteiger partial charge < -0.3 is 69.5 Å². The number of aliphatic hydroxyl groups excluding tert-OH is 5. The quantitative estimate of drug-likeness (QED) is 0.0148. The Morgan fingerprint density at radius 1 is 0.678 bits per heavy atom. The third kappa shape index (κ3) is 17.3. The van der Waals surface area contributed by atoms with E-state index in [2.05, 4.69) is 34.0 Å². The van der Waals surface area contributed by atoms with Crippen LogP contribution in [-0.2, 0) is 44.4 Å². The number of hydrogen-bond acceptors (Lipinski definition) is 18. The fourth-order valence-electron chi connectivity index (χ4n) is 11.3. The standard InChI is InChI=1S/C65H78N5O16P/c1-7-58(76)66-36-44-27-42(28-57(62(44)78)70-68-55-21-15-16-22-56(55)69-70)63(79)82-40(5)25-45(71)29-47(73)33-51-35-52(85-60(84-51)37-67-59(77)8-2)34-49(75)31-46(72)30-48(74)32-50-26-41(6)83-65(86-50)43-23-38(3)61(39(4)24-43)64(80)87(81,53-17-11-9-12-18-53)54-19-13-10-14-20-54/h7-24,27-28,40-41,45-52,60,65,71-75,78H,1-2,25-26,29-37H2,3-6H3,(H,66,76)(H,67,77). The Hall–Kier alpha value is -7.27. The lowest BCUT2D eigenvalue weighted by Gasteiger charge is -2.37. The number of phenols is 1. The van der Waals surface area contributed by atoms with Crippen molar-refractivity contribution in [1.29, 1.82) is 0 Å². The molecule has 0 bridgehead atoms. The minimum absolute atomic E-state index is 0.00210. The van der Waals surface area contributed by atoms with E-state index in [4.69, 9.17) is 23.7 Å². The molecule has 0 spiro atoms. The Morgan fingerprint density at radius 2 is 1.17 bits per heavy atom. The number of carbonyl (C=O) groups is 4. The number of amides is 2. The number of nitrogens with zero attached hydrogens (tertiary/aromatic N) is 3. The van der Waals surface area contributed by atoms with Crippen molar-refractivity contribution in [2.24, 2.45) is 0 Å². The maximum absolute atomic E-state index is 15.0. The van der Waals surface area contributed by atoms with E-state index in [0.717, 1.165) is 12.2 Å². The average molecular weight is 1220 g/mol. The van der Waals surface area contributed by atoms with E-state index in [1.165, 1.54) is 16.9 Å². The third-order valence-electron chi connectivity index (χ3n) is 15.4. The van der Waals surface area contributed by atoms with Crippen molar-refractivity contribution in [2.75, 3.05) is 6.54 Å². The second kappa shape index (κ2) is 30.1. The summed E-state index contributed by atoms with van der Waals surface area (Å²) in [6.07, 6.45) is -7.71. The molecule has 6 aromatic rings. The molecule has 3 heterocycles. The molecule has 12 unspecified atom stereocenters. The highest BCUT2D eigenvalue weighted by molar-refractivity contribution is 7.93. The molecule has 5 aromatic carbocycles. The molecule has 2 aliphatic rings. The van der Waals surface area contributed by atoms with Crippen molar-refractivity contribution < 1.29 is 78.1 Å². The molecule has 2 fully saturated rings. The van der Waals surface area contributed by atoms with Gasteiger partial charge in [0.2, 0.25) is 24.5 Å². The van der Waals surface area contributed by atoms with E-state index < -0.39 is 98.0 Å². The lowest BCUT2D eigenvalue weighted by atomic mass is 9.94. The first kappa shape index (κ1) is 65.7. The summed E-state index contributed by atoms with van der Waals surface area (Å²) in [5.41, 5.74) is 3.03. The van der Waals surface area contributed by atoms with Crippen molar-refractivity contribution in [3.63, 3.8) is 0 Å². The molecule has 8 rings (SSSR count). The van der Waals surface area contributed by atoms with Crippen molar-refractivity contribution >= 4 is 52.1 Å². The molecule has 0 saturated carbocycles. The number of aromatic nitrogens is 3. The Kier molecular flexibility index (Phi) is 22.7. The van der Waals surface area contributed by atoms with Gasteiger partial charge in [-0.15, -0.1) is 15.0 Å². The molecular formula is C65H78N5O16P. The molecule has 2 aliphatic heterocycles. The van der Waals surface area contributed by atoms with E-state index >= 15 is 0 Å². The zero-order valence-electron chi connectivity index (χ0n) is 49.2. The number of fused-ring (bicyclic) bond motifs is 1. The molecular weight excluding hydrogens is 1140 g/mol. The highest BCUT2D eigenvalue weighted by atomic mass is 31.2. The molecule has 464 valence electrons. The number of aryl methyl sites for hydroxylation is 2. The van der Waals surface area contributed by atoms with Gasteiger partial charge >= 0.3 is 5.97 Å². The van der Waals surface area contributed by atoms with Gasteiger partial charge in [-0.3, -0.25) is 14.4 Å². The fraction of sp³-hybridized carbons (Fsp3) is 0.415. The number of benzene rings is 5. The molecule has 0 aliphatic carbocycles. The van der Waals surface area contributed by atoms with Crippen LogP contribution in [0.5, 0.6) is 5.75 Å². The Morgan fingerprint density at radius 3 is 1.70 bits per heavy atom. The van der Waals surface area contributed by atoms with Crippen LogP contribution in [0.25, 0.3) is 16.7 Å². The molecule has 2 amide bonds. The van der Waals surface area contributed by atoms with Crippen LogP contribution in [-0.4, -0.2) is 143 Å². The first-order valence-electron chi connectivity index (χ1n) is 29.2. The molecule has 8 N–H and O–H groups in total. The number of rotatable bonds is 28. The summed E-state index contributed by atoms with van der Waals surface area (Å²) >= 11 is 0. The van der Waals surface area contributed by atoms with Crippen LogP contribution in [0.3, 0.4) is 0 Å². The van der Waals surface area contributed by atoms with Crippen LogP contribution >= 0.6 is 7.14 Å². The summed E-state index contributed by atoms with van der Waals surface area (Å²) in [4.78, 5) is 53.5. The number of hydrogen-bond donors (Lipinski definition) is 8. The first-order chi connectivity index (χ1) is 41.6. The topological polar surface area (TPSA) is 308 Å². The SMILES string of the molecule is C=CC(=O)NCc1cc(C(=O)OC(C)CC(O)CC(O)CC2CC(CC(O)CC(O)CC(O)CC3CC(C)OC(c4cc(C)c(C(=O)P(=O)(c5ccccc5)c5ccccc5)c(C)c4)O3)OC(CNC(=O)C=C)O2)cc(-n2nc3ccccc3n2)c1O. The summed E-state index contributed by atoms with van der Waals surface area (Å²) < 4.78 is 45.6. The normalized spacial score (nSPS) is 20.9. The van der Waals surface area contributed by atoms with Gasteiger partial charge in [-0.25, -0.2) is 4.79 Å². The molecule has 0 radical (unpaired) electrons. The lowest BCUT2D eigenvalue weighted by Crippen LogP contribution is -2.46. The highest BCUT2D eigenvalue weighted by Gasteiger charge is 2.40. The number of aromatic hydroxyl groups is 1. The number of phenolic OH excluding ortho intramolecular Hbond substituents is 1. The largest absolute Gasteiger partial charge is 0.505 e. The smallest absolute Gasteiger partial charge is 0.338 e. The van der Waals surface area contributed by atoms with Crippen LogP contribution in [0.2, 0.25) is 0 Å². The Labute approximate surface area is 505 Å². The van der Waals surface area contributed by atoms with E-state index in [1.54, 1.807) is 106 Å². The van der Waals surface area contributed by atoms with Crippen LogP contribution in [0.1, 0.15) is 121 Å². The van der Waals surface area contributed by atoms with Gasteiger partial charge in [-0.1, -0.05) is 98.1 Å². The minimum atomic E-state index is -3.78. The Bertz CT molecular complexity index is 3320. The molecule has 22 heteroatoms. The third-order valence-corrected chi connectivity index (χ3v) is 18.2. The first-order valence-corrected chi connectivity index (χ1v) is 30.9. The van der Waals surface area contributed by atoms with Gasteiger partial charge in [0.25, 0.3) is 0 Å². The summed E-state index contributed by atoms with van der Waals surface area (Å²) in [5, 5.41) is 82.4. The average Bonchev–Trinajstić information content (AvgIpc) is 1.90. The molecule has 12 atom stereocenters. The molecule has 21 nitrogen and oxygen atoms in total. The second-order valence-corrected chi connectivity index (χ2v) is 25.2. The molecule has 2 saturated heterocycles. The van der Waals surface area contributed by atoms with E-state index in [1.807, 2.05) is 19.1 Å². The number of ether oxygens (including phenoxy) is 5. The summed E-state index contributed by atoms with van der Waals surface area (Å²) in [5.74, 6) is -2.08. The van der Waals surface area contributed by atoms with Crippen molar-refractivity contribution in [2.45, 2.75) is 166 Å². The van der Waals surface area contributed by atoms with Crippen LogP contribution in [0.4, 0.5) is 0 Å². The summed E-state index contributed by atoms with van der Waals surface area (Å²) in [6.45, 7) is 13.7. The lowest BCUT2D eigenvalue weighted by molar-refractivity contribution is -0.249. The molecule has 1 aromatic heterocycles. The number of carbonyl (C=O) groups excluding carboxylic acids is 4. The van der Waals surface area contributed by atoms with Crippen LogP contribution < -0.4 is 21.2 Å². The maximum Gasteiger partial charge on any atom is 0.338 e. The fourth-order valence-corrected chi connectivity index (χ4v) is 14.0. The van der Waals surface area contributed by atoms with Gasteiger partial charge in [-0.05, 0) is 120 Å². The maximum atomic E-state index is 15.0. The number of aliphatic hydroxyl groups is 5. The van der Waals surface area contributed by atoms with Crippen molar-refractivity contribution in [1.82, 2.24) is 25.6 Å². The summed E-state index contributed by atoms with van der Waals surface area (Å²) in [7, 11) is -3.78. The zero-order chi connectivity index (χ0) is 62.5. The predicted molar refractivity (Wildman–Crippen MR) is 324 cm³/mol. The number of nitrogens with one attached hydrogen (secondary N) is 2. The van der Waals surface area contributed by atoms with Crippen molar-refractivity contribution in [3.8, 4) is 11.4 Å². The van der Waals surface area contributed by atoms with Gasteiger partial charge in [0.1, 0.15) is 28.6 Å². The van der Waals surface area contributed by atoms with Gasteiger partial charge in [0.05, 0.1) is 67.0 Å². The van der Waals surface area contributed by atoms with Crippen LogP contribution in [0.15, 0.2) is 135 Å². The summed E-state index contributed by atoms with van der Waals surface area (Å²) in [6, 6.07) is 30.9. The van der Waals surface area contributed by atoms with Gasteiger partial charge in [0, 0.05) is 46.7 Å². The van der Waals surface area contributed by atoms with Crippen molar-refractivity contribution in [3.05, 3.63) is 168 Å². The van der Waals surface area contributed by atoms with Gasteiger partial charge in [-0.2, -0.15) is 0 Å². The number of esters is 1. The second-order valence-electron chi connectivity index (χ2n) is 22.6. The van der Waals surface area contributed by atoms with E-state index in [9.17, 15) is 54.4 Å². The predicted octanol–water partition coefficient (Wildman–Crippen LogP) is 6.48. The van der Waals surface area contributed by atoms with Gasteiger partial charge in [0.15, 0.2) is 12.6 Å². The van der Waals surface area contributed by atoms with E-state index in [0.29, 0.717) is 50.3 Å². The van der Waals surface area contributed by atoms with E-state index in [-0.39, 0.29) is 93.1 Å². The zero-order valence-corrected chi connectivity index (χ0v) is 50.1. The minimum Gasteiger partial charge on any atom is -0.505 e.